The molecule has 6 nitrogen and oxygen atoms in total. The van der Waals surface area contributed by atoms with Crippen molar-refractivity contribution in [1.82, 2.24) is 14.5 Å². The van der Waals surface area contributed by atoms with Gasteiger partial charge in [-0.3, -0.25) is 4.98 Å². The smallest absolute Gasteiger partial charge is 0.340 e. The Morgan fingerprint density at radius 3 is 2.61 bits per heavy atom. The molecular weight excluding hydrogens is 419 g/mol. The number of nitriles is 1. The number of piperidine rings is 1. The van der Waals surface area contributed by atoms with Crippen molar-refractivity contribution >= 4 is 17.0 Å². The molecule has 1 saturated heterocycles. The summed E-state index contributed by atoms with van der Waals surface area (Å²) < 4.78 is 68.8. The predicted octanol–water partition coefficient (Wildman–Crippen LogP) is 3.54. The minimum atomic E-state index is -4.54. The Kier molecular flexibility index (Phi) is 5.05. The Bertz CT molecular complexity index is 1150. The number of benzene rings is 1. The van der Waals surface area contributed by atoms with Gasteiger partial charge in [0.25, 0.3) is 5.92 Å². The number of anilines is 1. The fourth-order valence-corrected chi connectivity index (χ4v) is 3.55. The summed E-state index contributed by atoms with van der Waals surface area (Å²) in [6, 6.07) is 6.91. The summed E-state index contributed by atoms with van der Waals surface area (Å²) in [5.41, 5.74) is 6.16. The molecule has 1 atom stereocenters. The zero-order valence-electron chi connectivity index (χ0n) is 16.1. The van der Waals surface area contributed by atoms with Gasteiger partial charge < -0.3 is 15.2 Å². The summed E-state index contributed by atoms with van der Waals surface area (Å²) in [6.45, 7) is -0.106. The van der Waals surface area contributed by atoms with Crippen LogP contribution >= 0.6 is 0 Å². The number of halogens is 5. The van der Waals surface area contributed by atoms with Gasteiger partial charge in [-0.05, 0) is 30.3 Å². The quantitative estimate of drug-likeness (QED) is 0.635. The van der Waals surface area contributed by atoms with E-state index in [1.807, 2.05) is 6.07 Å². The standard InChI is InChI=1S/C20H17F5N6/c21-19(22)5-6-30(11-17(19)27)18-29-15-7-13(20(23,24)25)2-4-16(15)31(18)10-14-3-1-12(8-26)9-28-14/h1-4,7,9,17H,5-6,10-11,27H2/t17-/m1/s1. The number of pyridine rings is 1. The molecule has 1 aliphatic heterocycles. The number of aromatic nitrogens is 3. The van der Waals surface area contributed by atoms with Crippen LogP contribution in [0.4, 0.5) is 27.9 Å². The van der Waals surface area contributed by atoms with Gasteiger partial charge in [-0.2, -0.15) is 18.4 Å². The van der Waals surface area contributed by atoms with E-state index in [2.05, 4.69) is 9.97 Å². The molecule has 3 aromatic rings. The van der Waals surface area contributed by atoms with Crippen molar-refractivity contribution in [3.63, 3.8) is 0 Å². The SMILES string of the molecule is N#Cc1ccc(Cn2c(N3CCC(F)(F)[C@H](N)C3)nc3cc(C(F)(F)F)ccc32)nc1. The molecule has 4 rings (SSSR count). The van der Waals surface area contributed by atoms with Crippen LogP contribution in [-0.2, 0) is 12.7 Å². The average Bonchev–Trinajstić information content (AvgIpc) is 3.07. The number of nitrogens with zero attached hydrogens (tertiary/aromatic N) is 5. The van der Waals surface area contributed by atoms with Crippen molar-refractivity contribution in [2.75, 3.05) is 18.0 Å². The van der Waals surface area contributed by atoms with Gasteiger partial charge in [-0.15, -0.1) is 0 Å². The molecule has 2 aromatic heterocycles. The van der Waals surface area contributed by atoms with E-state index in [1.54, 1.807) is 21.6 Å². The van der Waals surface area contributed by atoms with E-state index in [9.17, 15) is 22.0 Å². The van der Waals surface area contributed by atoms with Gasteiger partial charge in [-0.1, -0.05) is 0 Å². The number of hydrogen-bond acceptors (Lipinski definition) is 5. The molecule has 0 saturated carbocycles. The van der Waals surface area contributed by atoms with Gasteiger partial charge in [0.1, 0.15) is 6.07 Å². The van der Waals surface area contributed by atoms with Crippen LogP contribution in [0.15, 0.2) is 36.5 Å². The third kappa shape index (κ3) is 4.03. The first-order valence-electron chi connectivity index (χ1n) is 9.39. The van der Waals surface area contributed by atoms with Crippen molar-refractivity contribution in [2.24, 2.45) is 5.73 Å². The van der Waals surface area contributed by atoms with Crippen molar-refractivity contribution in [3.05, 3.63) is 53.3 Å². The van der Waals surface area contributed by atoms with E-state index >= 15 is 0 Å². The molecule has 0 spiro atoms. The minimum absolute atomic E-state index is 0.0447. The van der Waals surface area contributed by atoms with Crippen LogP contribution in [0.25, 0.3) is 11.0 Å². The number of fused-ring (bicyclic) bond motifs is 1. The fraction of sp³-hybridized carbons (Fsp3) is 0.350. The topological polar surface area (TPSA) is 83.8 Å². The lowest BCUT2D eigenvalue weighted by atomic mass is 10.0. The highest BCUT2D eigenvalue weighted by Gasteiger charge is 2.43. The average molecular weight is 436 g/mol. The monoisotopic (exact) mass is 436 g/mol. The van der Waals surface area contributed by atoms with Gasteiger partial charge in [0.15, 0.2) is 0 Å². The number of rotatable bonds is 3. The summed E-state index contributed by atoms with van der Waals surface area (Å²) in [6.07, 6.45) is -3.64. The lowest BCUT2D eigenvalue weighted by molar-refractivity contribution is -0.137. The molecule has 31 heavy (non-hydrogen) atoms. The highest BCUT2D eigenvalue weighted by molar-refractivity contribution is 5.80. The summed E-state index contributed by atoms with van der Waals surface area (Å²) in [5, 5.41) is 8.92. The van der Waals surface area contributed by atoms with Gasteiger partial charge in [-0.25, -0.2) is 13.8 Å². The Hall–Kier alpha value is -3.26. The van der Waals surface area contributed by atoms with Gasteiger partial charge in [0, 0.05) is 25.7 Å². The van der Waals surface area contributed by atoms with E-state index < -0.39 is 30.1 Å². The van der Waals surface area contributed by atoms with E-state index in [0.717, 1.165) is 12.1 Å². The number of hydrogen-bond donors (Lipinski definition) is 1. The summed E-state index contributed by atoms with van der Waals surface area (Å²) in [5.74, 6) is -2.78. The van der Waals surface area contributed by atoms with Gasteiger partial charge in [0.2, 0.25) is 5.95 Å². The molecule has 1 aromatic carbocycles. The van der Waals surface area contributed by atoms with Crippen LogP contribution in [0.5, 0.6) is 0 Å². The van der Waals surface area contributed by atoms with E-state index in [-0.39, 0.29) is 31.1 Å². The highest BCUT2D eigenvalue weighted by atomic mass is 19.4. The first kappa shape index (κ1) is 21.0. The molecule has 1 aliphatic rings. The maximum atomic E-state index is 13.9. The van der Waals surface area contributed by atoms with Crippen LogP contribution < -0.4 is 10.6 Å². The summed E-state index contributed by atoms with van der Waals surface area (Å²) in [4.78, 5) is 10.1. The molecule has 11 heteroatoms. The molecule has 0 aliphatic carbocycles. The molecule has 2 N–H and O–H groups in total. The van der Waals surface area contributed by atoms with Crippen LogP contribution in [0, 0.1) is 11.3 Å². The first-order valence-corrected chi connectivity index (χ1v) is 9.39. The van der Waals surface area contributed by atoms with Gasteiger partial charge in [0.05, 0.1) is 40.4 Å². The third-order valence-corrected chi connectivity index (χ3v) is 5.29. The van der Waals surface area contributed by atoms with Crippen LogP contribution in [0.3, 0.4) is 0 Å². The molecule has 0 amide bonds. The fourth-order valence-electron chi connectivity index (χ4n) is 3.55. The first-order chi connectivity index (χ1) is 14.6. The Labute approximate surface area is 173 Å². The summed E-state index contributed by atoms with van der Waals surface area (Å²) >= 11 is 0. The van der Waals surface area contributed by atoms with Crippen LogP contribution in [0.2, 0.25) is 0 Å². The van der Waals surface area contributed by atoms with Crippen LogP contribution in [0.1, 0.15) is 23.2 Å². The maximum Gasteiger partial charge on any atom is 0.416 e. The Balaban J connectivity index is 1.78. The lowest BCUT2D eigenvalue weighted by Gasteiger charge is -2.37. The van der Waals surface area contributed by atoms with Crippen LogP contribution in [-0.4, -0.2) is 39.6 Å². The molecule has 3 heterocycles. The normalized spacial score (nSPS) is 18.9. The second kappa shape index (κ2) is 7.46. The van der Waals surface area contributed by atoms with E-state index in [4.69, 9.17) is 11.0 Å². The van der Waals surface area contributed by atoms with Crippen molar-refractivity contribution in [1.29, 1.82) is 5.26 Å². The zero-order chi connectivity index (χ0) is 22.4. The highest BCUT2D eigenvalue weighted by Crippen LogP contribution is 2.35. The molecule has 0 bridgehead atoms. The molecule has 1 fully saturated rings. The summed E-state index contributed by atoms with van der Waals surface area (Å²) in [7, 11) is 0. The number of imidazole rings is 1. The molecule has 0 unspecified atom stereocenters. The van der Waals surface area contributed by atoms with Crippen molar-refractivity contribution in [3.8, 4) is 6.07 Å². The van der Waals surface area contributed by atoms with E-state index in [1.165, 1.54) is 12.3 Å². The zero-order valence-corrected chi connectivity index (χ0v) is 16.1. The lowest BCUT2D eigenvalue weighted by Crippen LogP contribution is -2.55. The molecule has 162 valence electrons. The third-order valence-electron chi connectivity index (χ3n) is 5.29. The Morgan fingerprint density at radius 2 is 2.00 bits per heavy atom. The maximum absolute atomic E-state index is 13.9. The van der Waals surface area contributed by atoms with Crippen molar-refractivity contribution in [2.45, 2.75) is 31.1 Å². The van der Waals surface area contributed by atoms with Crippen molar-refractivity contribution < 1.29 is 22.0 Å². The minimum Gasteiger partial charge on any atom is -0.340 e. The van der Waals surface area contributed by atoms with E-state index in [0.29, 0.717) is 16.8 Å². The number of alkyl halides is 5. The van der Waals surface area contributed by atoms with Gasteiger partial charge >= 0.3 is 6.18 Å². The predicted molar refractivity (Wildman–Crippen MR) is 103 cm³/mol. The molecule has 0 radical (unpaired) electrons. The molecular formula is C20H17F5N6. The second-order valence-electron chi connectivity index (χ2n) is 7.41. The largest absolute Gasteiger partial charge is 0.416 e. The Morgan fingerprint density at radius 1 is 1.23 bits per heavy atom. The second-order valence-corrected chi connectivity index (χ2v) is 7.41. The number of nitrogens with two attached hydrogens (primary N) is 1.